The number of amides is 1. The van der Waals surface area contributed by atoms with Crippen molar-refractivity contribution in [3.63, 3.8) is 0 Å². The number of piperidine rings is 1. The molecule has 0 bridgehead atoms. The summed E-state index contributed by atoms with van der Waals surface area (Å²) in [5, 5.41) is 0. The summed E-state index contributed by atoms with van der Waals surface area (Å²) in [4.78, 5) is 21.6. The number of rotatable bonds is 2. The number of aromatic nitrogens is 1. The Labute approximate surface area is 151 Å². The fourth-order valence-corrected chi connectivity index (χ4v) is 3.84. The van der Waals surface area contributed by atoms with Gasteiger partial charge in [-0.15, -0.1) is 0 Å². The minimum atomic E-state index is -0.463. The predicted octanol–water partition coefficient (Wildman–Crippen LogP) is 4.45. The van der Waals surface area contributed by atoms with E-state index in [1.807, 2.05) is 25.7 Å². The van der Waals surface area contributed by atoms with Crippen LogP contribution in [0.5, 0.6) is 0 Å². The van der Waals surface area contributed by atoms with Crippen molar-refractivity contribution in [1.82, 2.24) is 9.88 Å². The van der Waals surface area contributed by atoms with Crippen molar-refractivity contribution in [2.75, 3.05) is 24.5 Å². The molecule has 2 fully saturated rings. The highest BCUT2D eigenvalue weighted by molar-refractivity contribution is 5.69. The van der Waals surface area contributed by atoms with Gasteiger partial charge in [0.25, 0.3) is 0 Å². The first-order valence-electron chi connectivity index (χ1n) is 9.57. The van der Waals surface area contributed by atoms with Gasteiger partial charge < -0.3 is 14.5 Å². The molecule has 5 heteroatoms. The Hall–Kier alpha value is -1.78. The highest BCUT2D eigenvalue weighted by Gasteiger charge is 2.34. The molecule has 3 heterocycles. The molecule has 25 heavy (non-hydrogen) atoms. The van der Waals surface area contributed by atoms with Crippen LogP contribution in [0.4, 0.5) is 10.6 Å². The van der Waals surface area contributed by atoms with Crippen molar-refractivity contribution in [3.8, 4) is 0 Å². The van der Waals surface area contributed by atoms with Gasteiger partial charge in [-0.3, -0.25) is 0 Å². The fourth-order valence-electron chi connectivity index (χ4n) is 3.84. The second kappa shape index (κ2) is 7.22. The number of anilines is 1. The van der Waals surface area contributed by atoms with E-state index < -0.39 is 5.60 Å². The molecule has 0 spiro atoms. The fraction of sp³-hybridized carbons (Fsp3) is 0.700. The number of carbonyl (C=O) groups is 1. The lowest BCUT2D eigenvalue weighted by atomic mass is 10.0. The van der Waals surface area contributed by atoms with Crippen LogP contribution in [0.2, 0.25) is 0 Å². The molecule has 0 saturated carbocycles. The third-order valence-corrected chi connectivity index (χ3v) is 5.03. The highest BCUT2D eigenvalue weighted by Crippen LogP contribution is 2.35. The number of hydrogen-bond donors (Lipinski definition) is 0. The lowest BCUT2D eigenvalue weighted by Crippen LogP contribution is -2.36. The molecule has 0 aliphatic carbocycles. The smallest absolute Gasteiger partial charge is 0.410 e. The molecule has 2 saturated heterocycles. The average Bonchev–Trinajstić information content (AvgIpc) is 3.03. The SMILES string of the molecule is Cc1nc(N2CCCCC2)ccc1C1CCCN1C(=O)OC(C)(C)C. The molecule has 2 aliphatic heterocycles. The van der Waals surface area contributed by atoms with Crippen molar-refractivity contribution in [2.45, 2.75) is 71.4 Å². The second-order valence-corrected chi connectivity index (χ2v) is 8.22. The number of carbonyl (C=O) groups excluding carboxylic acids is 1. The van der Waals surface area contributed by atoms with Gasteiger partial charge >= 0.3 is 6.09 Å². The largest absolute Gasteiger partial charge is 0.444 e. The molecule has 1 atom stereocenters. The molecule has 1 aromatic rings. The van der Waals surface area contributed by atoms with Crippen LogP contribution in [-0.4, -0.2) is 41.2 Å². The van der Waals surface area contributed by atoms with E-state index >= 15 is 0 Å². The number of nitrogens with zero attached hydrogens (tertiary/aromatic N) is 3. The Morgan fingerprint density at radius 2 is 1.84 bits per heavy atom. The topological polar surface area (TPSA) is 45.7 Å². The first kappa shape index (κ1) is 18.0. The summed E-state index contributed by atoms with van der Waals surface area (Å²) in [5.74, 6) is 1.07. The van der Waals surface area contributed by atoms with Crippen molar-refractivity contribution >= 4 is 11.9 Å². The van der Waals surface area contributed by atoms with E-state index in [-0.39, 0.29) is 12.1 Å². The molecule has 1 unspecified atom stereocenters. The number of hydrogen-bond acceptors (Lipinski definition) is 4. The number of aryl methyl sites for hydroxylation is 1. The summed E-state index contributed by atoms with van der Waals surface area (Å²) < 4.78 is 5.59. The maximum atomic E-state index is 12.5. The Morgan fingerprint density at radius 3 is 2.48 bits per heavy atom. The normalized spacial score (nSPS) is 21.5. The van der Waals surface area contributed by atoms with Gasteiger partial charge in [0.15, 0.2) is 0 Å². The Balaban J connectivity index is 1.77. The van der Waals surface area contributed by atoms with Crippen molar-refractivity contribution < 1.29 is 9.53 Å². The van der Waals surface area contributed by atoms with Gasteiger partial charge in [0.05, 0.1) is 6.04 Å². The van der Waals surface area contributed by atoms with Crippen molar-refractivity contribution in [2.24, 2.45) is 0 Å². The summed E-state index contributed by atoms with van der Waals surface area (Å²) in [6.45, 7) is 10.8. The van der Waals surface area contributed by atoms with Gasteiger partial charge in [-0.1, -0.05) is 6.07 Å². The van der Waals surface area contributed by atoms with Crippen LogP contribution >= 0.6 is 0 Å². The number of ether oxygens (including phenoxy) is 1. The van der Waals surface area contributed by atoms with Gasteiger partial charge in [-0.25, -0.2) is 9.78 Å². The maximum absolute atomic E-state index is 12.5. The van der Waals surface area contributed by atoms with E-state index in [4.69, 9.17) is 9.72 Å². The molecule has 0 N–H and O–H groups in total. The van der Waals surface area contributed by atoms with E-state index in [0.717, 1.165) is 49.6 Å². The molecule has 3 rings (SSSR count). The van der Waals surface area contributed by atoms with E-state index in [0.29, 0.717) is 0 Å². The van der Waals surface area contributed by atoms with Crippen LogP contribution in [0.3, 0.4) is 0 Å². The zero-order chi connectivity index (χ0) is 18.0. The summed E-state index contributed by atoms with van der Waals surface area (Å²) in [6, 6.07) is 4.37. The molecule has 1 aromatic heterocycles. The lowest BCUT2D eigenvalue weighted by Gasteiger charge is -2.31. The quantitative estimate of drug-likeness (QED) is 0.794. The monoisotopic (exact) mass is 345 g/mol. The molecule has 2 aliphatic rings. The summed E-state index contributed by atoms with van der Waals surface area (Å²) in [7, 11) is 0. The summed E-state index contributed by atoms with van der Waals surface area (Å²) in [6.07, 6.45) is 5.59. The first-order valence-corrected chi connectivity index (χ1v) is 9.57. The van der Waals surface area contributed by atoms with Crippen LogP contribution in [0.25, 0.3) is 0 Å². The minimum absolute atomic E-state index is 0.0813. The molecule has 1 amide bonds. The van der Waals surface area contributed by atoms with E-state index in [9.17, 15) is 4.79 Å². The van der Waals surface area contributed by atoms with E-state index in [1.54, 1.807) is 0 Å². The van der Waals surface area contributed by atoms with Gasteiger partial charge in [0, 0.05) is 25.3 Å². The zero-order valence-corrected chi connectivity index (χ0v) is 16.0. The molecule has 0 aromatic carbocycles. The Kier molecular flexibility index (Phi) is 5.21. The number of pyridine rings is 1. The summed E-state index contributed by atoms with van der Waals surface area (Å²) in [5.41, 5.74) is 1.72. The van der Waals surface area contributed by atoms with Crippen LogP contribution in [0, 0.1) is 6.92 Å². The molecule has 5 nitrogen and oxygen atoms in total. The van der Waals surface area contributed by atoms with Crippen LogP contribution in [-0.2, 0) is 4.74 Å². The molecular weight excluding hydrogens is 314 g/mol. The standard InChI is InChI=1S/C20H31N3O2/c1-15-16(10-11-18(21-15)22-12-6-5-7-13-22)17-9-8-14-23(17)19(24)25-20(2,3)4/h10-11,17H,5-9,12-14H2,1-4H3. The number of likely N-dealkylation sites (tertiary alicyclic amines) is 1. The van der Waals surface area contributed by atoms with E-state index in [1.165, 1.54) is 19.3 Å². The van der Waals surface area contributed by atoms with Crippen LogP contribution in [0.1, 0.15) is 70.2 Å². The average molecular weight is 345 g/mol. The van der Waals surface area contributed by atoms with Crippen molar-refractivity contribution in [3.05, 3.63) is 23.4 Å². The maximum Gasteiger partial charge on any atom is 0.410 e. The third kappa shape index (κ3) is 4.25. The van der Waals surface area contributed by atoms with Gasteiger partial charge in [0.2, 0.25) is 0 Å². The first-order chi connectivity index (χ1) is 11.8. The zero-order valence-electron chi connectivity index (χ0n) is 16.0. The minimum Gasteiger partial charge on any atom is -0.444 e. The van der Waals surface area contributed by atoms with Gasteiger partial charge in [-0.05, 0) is 71.4 Å². The Bertz CT molecular complexity index is 618. The van der Waals surface area contributed by atoms with Crippen LogP contribution in [0.15, 0.2) is 12.1 Å². The predicted molar refractivity (Wildman–Crippen MR) is 100.0 cm³/mol. The van der Waals surface area contributed by atoms with Gasteiger partial charge in [0.1, 0.15) is 11.4 Å². The van der Waals surface area contributed by atoms with Gasteiger partial charge in [-0.2, -0.15) is 0 Å². The second-order valence-electron chi connectivity index (χ2n) is 8.22. The lowest BCUT2D eigenvalue weighted by molar-refractivity contribution is 0.0224. The highest BCUT2D eigenvalue weighted by atomic mass is 16.6. The van der Waals surface area contributed by atoms with Crippen LogP contribution < -0.4 is 4.90 Å². The third-order valence-electron chi connectivity index (χ3n) is 5.03. The molecule has 138 valence electrons. The Morgan fingerprint density at radius 1 is 1.12 bits per heavy atom. The summed E-state index contributed by atoms with van der Waals surface area (Å²) >= 11 is 0. The molecule has 0 radical (unpaired) electrons. The van der Waals surface area contributed by atoms with E-state index in [2.05, 4.69) is 24.0 Å². The van der Waals surface area contributed by atoms with Crippen molar-refractivity contribution in [1.29, 1.82) is 0 Å². The molecular formula is C20H31N3O2.